The van der Waals surface area contributed by atoms with Gasteiger partial charge in [-0.1, -0.05) is 19.6 Å². The van der Waals surface area contributed by atoms with Crippen molar-refractivity contribution in [3.05, 3.63) is 0 Å². The molecule has 1 aliphatic heterocycles. The SMILES string of the molecule is CC1(C)C[C@@H](OS(C)(=O)=O)[C@@H](NC(=O)OCC[Si](C)(C)C)CO1. The zero-order valence-corrected chi connectivity index (χ0v) is 16.7. The predicted octanol–water partition coefficient (Wildman–Crippen LogP) is 1.96. The van der Waals surface area contributed by atoms with Crippen molar-refractivity contribution in [2.45, 2.75) is 63.7 Å². The highest BCUT2D eigenvalue weighted by molar-refractivity contribution is 7.86. The molecule has 0 unspecified atom stereocenters. The molecule has 0 saturated carbocycles. The largest absolute Gasteiger partial charge is 0.450 e. The first-order valence-electron chi connectivity index (χ1n) is 7.73. The number of carbonyl (C=O) groups is 1. The summed E-state index contributed by atoms with van der Waals surface area (Å²) in [7, 11) is -4.90. The second-order valence-electron chi connectivity index (χ2n) is 7.81. The van der Waals surface area contributed by atoms with Crippen molar-refractivity contribution in [3.63, 3.8) is 0 Å². The Bertz CT molecular complexity index is 514. The average molecular weight is 368 g/mol. The van der Waals surface area contributed by atoms with E-state index in [1.165, 1.54) is 0 Å². The van der Waals surface area contributed by atoms with Crippen molar-refractivity contribution in [2.75, 3.05) is 19.5 Å². The van der Waals surface area contributed by atoms with Gasteiger partial charge < -0.3 is 14.8 Å². The van der Waals surface area contributed by atoms with E-state index in [-0.39, 0.29) is 6.61 Å². The quantitative estimate of drug-likeness (QED) is 0.570. The zero-order valence-electron chi connectivity index (χ0n) is 14.8. The van der Waals surface area contributed by atoms with Crippen LogP contribution in [0.5, 0.6) is 0 Å². The third-order valence-corrected chi connectivity index (χ3v) is 5.78. The van der Waals surface area contributed by atoms with Gasteiger partial charge in [-0.25, -0.2) is 4.79 Å². The van der Waals surface area contributed by atoms with E-state index in [0.717, 1.165) is 12.3 Å². The van der Waals surface area contributed by atoms with Crippen LogP contribution < -0.4 is 5.32 Å². The summed E-state index contributed by atoms with van der Waals surface area (Å²) >= 11 is 0. The molecule has 0 aliphatic carbocycles. The van der Waals surface area contributed by atoms with Gasteiger partial charge in [-0.15, -0.1) is 0 Å². The summed E-state index contributed by atoms with van der Waals surface area (Å²) < 4.78 is 38.8. The van der Waals surface area contributed by atoms with Crippen LogP contribution >= 0.6 is 0 Å². The highest BCUT2D eigenvalue weighted by atomic mass is 32.2. The van der Waals surface area contributed by atoms with Crippen LogP contribution in [0.15, 0.2) is 0 Å². The van der Waals surface area contributed by atoms with Crippen molar-refractivity contribution in [1.29, 1.82) is 0 Å². The van der Waals surface area contributed by atoms with E-state index in [2.05, 4.69) is 25.0 Å². The fourth-order valence-corrected chi connectivity index (χ4v) is 3.58. The first kappa shape index (κ1) is 20.4. The molecule has 1 heterocycles. The summed E-state index contributed by atoms with van der Waals surface area (Å²) in [6.45, 7) is 10.8. The first-order chi connectivity index (χ1) is 10.3. The monoisotopic (exact) mass is 367 g/mol. The fraction of sp³-hybridized carbons (Fsp3) is 0.929. The van der Waals surface area contributed by atoms with Gasteiger partial charge in [0.05, 0.1) is 31.1 Å². The Labute approximate surface area is 140 Å². The second kappa shape index (κ2) is 7.50. The van der Waals surface area contributed by atoms with E-state index in [0.29, 0.717) is 13.0 Å². The van der Waals surface area contributed by atoms with Crippen LogP contribution in [0, 0.1) is 0 Å². The number of nitrogens with one attached hydrogen (secondary N) is 1. The Morgan fingerprint density at radius 1 is 1.35 bits per heavy atom. The minimum absolute atomic E-state index is 0.177. The molecule has 136 valence electrons. The van der Waals surface area contributed by atoms with Crippen LogP contribution in [0.2, 0.25) is 25.7 Å². The molecule has 1 saturated heterocycles. The fourth-order valence-electron chi connectivity index (χ4n) is 2.21. The van der Waals surface area contributed by atoms with Gasteiger partial charge in [-0.3, -0.25) is 4.18 Å². The number of rotatable bonds is 6. The summed E-state index contributed by atoms with van der Waals surface area (Å²) in [6.07, 6.45) is 0.121. The zero-order chi connectivity index (χ0) is 17.9. The lowest BCUT2D eigenvalue weighted by Gasteiger charge is -2.39. The molecule has 1 rings (SSSR count). The molecule has 0 aromatic heterocycles. The third-order valence-electron chi connectivity index (χ3n) is 3.48. The first-order valence-corrected chi connectivity index (χ1v) is 13.3. The van der Waals surface area contributed by atoms with Gasteiger partial charge in [0, 0.05) is 14.5 Å². The molecule has 0 bridgehead atoms. The van der Waals surface area contributed by atoms with E-state index >= 15 is 0 Å². The van der Waals surface area contributed by atoms with E-state index in [1.807, 2.05) is 13.8 Å². The molecule has 23 heavy (non-hydrogen) atoms. The van der Waals surface area contributed by atoms with Gasteiger partial charge in [-0.05, 0) is 19.9 Å². The van der Waals surface area contributed by atoms with Gasteiger partial charge in [-0.2, -0.15) is 8.42 Å². The smallest absolute Gasteiger partial charge is 0.407 e. The Kier molecular flexibility index (Phi) is 6.65. The van der Waals surface area contributed by atoms with Gasteiger partial charge in [0.25, 0.3) is 10.1 Å². The summed E-state index contributed by atoms with van der Waals surface area (Å²) in [5.74, 6) is 0. The molecule has 2 atom stereocenters. The molecule has 0 aromatic rings. The standard InChI is InChI=1S/C14H29NO6SSi/c1-14(2)9-12(21-22(3,17)18)11(10-20-14)15-13(16)19-7-8-23(4,5)6/h11-12H,7-10H2,1-6H3,(H,15,16)/t11-,12+/m0/s1. The molecule has 7 nitrogen and oxygen atoms in total. The molecule has 0 radical (unpaired) electrons. The highest BCUT2D eigenvalue weighted by Gasteiger charge is 2.39. The maximum atomic E-state index is 11.9. The molecule has 1 amide bonds. The lowest BCUT2D eigenvalue weighted by atomic mass is 9.93. The predicted molar refractivity (Wildman–Crippen MR) is 90.8 cm³/mol. The minimum Gasteiger partial charge on any atom is -0.450 e. The summed E-state index contributed by atoms with van der Waals surface area (Å²) in [5, 5.41) is 2.66. The van der Waals surface area contributed by atoms with E-state index in [4.69, 9.17) is 13.7 Å². The normalized spacial score (nSPS) is 25.0. The Morgan fingerprint density at radius 3 is 2.48 bits per heavy atom. The van der Waals surface area contributed by atoms with E-state index in [1.54, 1.807) is 0 Å². The number of carbonyl (C=O) groups excluding carboxylic acids is 1. The summed E-state index contributed by atoms with van der Waals surface area (Å²) in [6, 6.07) is 0.315. The maximum Gasteiger partial charge on any atom is 0.407 e. The van der Waals surface area contributed by atoms with Crippen LogP contribution in [0.1, 0.15) is 20.3 Å². The van der Waals surface area contributed by atoms with E-state index < -0.39 is 42.0 Å². The highest BCUT2D eigenvalue weighted by Crippen LogP contribution is 2.27. The third kappa shape index (κ3) is 8.68. The van der Waals surface area contributed by atoms with Crippen molar-refractivity contribution in [1.82, 2.24) is 5.32 Å². The molecule has 1 aliphatic rings. The number of alkyl carbamates (subject to hydrolysis) is 1. The molecular formula is C14H29NO6SSi. The van der Waals surface area contributed by atoms with Crippen molar-refractivity contribution < 1.29 is 26.9 Å². The second-order valence-corrected chi connectivity index (χ2v) is 15.0. The maximum absolute atomic E-state index is 11.9. The number of ether oxygens (including phenoxy) is 2. The lowest BCUT2D eigenvalue weighted by molar-refractivity contribution is -0.104. The van der Waals surface area contributed by atoms with Gasteiger partial charge in [0.2, 0.25) is 0 Å². The van der Waals surface area contributed by atoms with Crippen LogP contribution in [0.4, 0.5) is 4.79 Å². The molecule has 0 aromatic carbocycles. The van der Waals surface area contributed by atoms with Crippen molar-refractivity contribution >= 4 is 24.3 Å². The number of hydrogen-bond donors (Lipinski definition) is 1. The van der Waals surface area contributed by atoms with E-state index in [9.17, 15) is 13.2 Å². The Hall–Kier alpha value is -0.643. The lowest BCUT2D eigenvalue weighted by Crippen LogP contribution is -2.55. The van der Waals surface area contributed by atoms with Crippen LogP contribution in [0.25, 0.3) is 0 Å². The van der Waals surface area contributed by atoms with Crippen LogP contribution in [-0.4, -0.2) is 59.8 Å². The molecule has 1 fully saturated rings. The minimum atomic E-state index is -3.62. The van der Waals surface area contributed by atoms with Crippen LogP contribution in [0.3, 0.4) is 0 Å². The number of hydrogen-bond acceptors (Lipinski definition) is 6. The van der Waals surface area contributed by atoms with Gasteiger partial charge in [0.1, 0.15) is 6.10 Å². The van der Waals surface area contributed by atoms with Crippen molar-refractivity contribution in [2.24, 2.45) is 0 Å². The molecule has 0 spiro atoms. The topological polar surface area (TPSA) is 90.9 Å². The van der Waals surface area contributed by atoms with Crippen molar-refractivity contribution in [3.8, 4) is 0 Å². The average Bonchev–Trinajstić information content (AvgIpc) is 2.28. The molecule has 9 heteroatoms. The van der Waals surface area contributed by atoms with Crippen LogP contribution in [-0.2, 0) is 23.8 Å². The molecule has 1 N–H and O–H groups in total. The summed E-state index contributed by atoms with van der Waals surface area (Å²) in [5.41, 5.74) is -0.505. The Morgan fingerprint density at radius 2 is 1.96 bits per heavy atom. The summed E-state index contributed by atoms with van der Waals surface area (Å²) in [4.78, 5) is 11.9. The van der Waals surface area contributed by atoms with Gasteiger partial charge in [0.15, 0.2) is 0 Å². The Balaban J connectivity index is 2.59. The molecular weight excluding hydrogens is 338 g/mol. The number of amides is 1. The van der Waals surface area contributed by atoms with Gasteiger partial charge >= 0.3 is 6.09 Å².